The zero-order valence-corrected chi connectivity index (χ0v) is 16.0. The molecule has 9 nitrogen and oxygen atoms in total. The maximum absolute atomic E-state index is 12.8. The summed E-state index contributed by atoms with van der Waals surface area (Å²) < 4.78 is 0. The molecule has 3 aromatic rings. The number of amides is 1. The molecule has 0 fully saturated rings. The molecule has 2 aromatic carbocycles. The van der Waals surface area contributed by atoms with E-state index in [0.29, 0.717) is 27.8 Å². The van der Waals surface area contributed by atoms with Crippen molar-refractivity contribution in [1.29, 1.82) is 0 Å². The van der Waals surface area contributed by atoms with Crippen LogP contribution in [0.25, 0.3) is 11.3 Å². The van der Waals surface area contributed by atoms with E-state index in [-0.39, 0.29) is 11.6 Å². The van der Waals surface area contributed by atoms with Crippen LogP contribution in [0.5, 0.6) is 0 Å². The number of rotatable bonds is 5. The van der Waals surface area contributed by atoms with Gasteiger partial charge in [0.2, 0.25) is 5.13 Å². The molecule has 1 aromatic heterocycles. The quantitative estimate of drug-likeness (QED) is 0.350. The summed E-state index contributed by atoms with van der Waals surface area (Å²) in [6.07, 6.45) is 0. The molecule has 4 rings (SSSR count). The summed E-state index contributed by atoms with van der Waals surface area (Å²) in [5.41, 5.74) is 2.26. The van der Waals surface area contributed by atoms with Gasteiger partial charge in [-0.05, 0) is 19.1 Å². The fraction of sp³-hybridized carbons (Fsp3) is 0.105. The fourth-order valence-corrected chi connectivity index (χ4v) is 3.51. The molecule has 1 aliphatic rings. The van der Waals surface area contributed by atoms with E-state index < -0.39 is 11.0 Å². The Morgan fingerprint density at radius 1 is 1.17 bits per heavy atom. The molecule has 0 bridgehead atoms. The zero-order valence-electron chi connectivity index (χ0n) is 15.2. The van der Waals surface area contributed by atoms with E-state index in [4.69, 9.17) is 0 Å². The van der Waals surface area contributed by atoms with Gasteiger partial charge >= 0.3 is 0 Å². The molecule has 10 heteroatoms. The summed E-state index contributed by atoms with van der Waals surface area (Å²) in [5.74, 6) is -0.345. The Bertz CT molecular complexity index is 1140. The van der Waals surface area contributed by atoms with E-state index in [9.17, 15) is 14.9 Å². The second kappa shape index (κ2) is 7.68. The minimum Gasteiger partial charge on any atom is -0.269 e. The average molecular weight is 406 g/mol. The number of azo groups is 1. The molecule has 0 spiro atoms. The predicted molar refractivity (Wildman–Crippen MR) is 110 cm³/mol. The second-order valence-electron chi connectivity index (χ2n) is 6.17. The smallest absolute Gasteiger partial charge is 0.269 e. The van der Waals surface area contributed by atoms with Crippen molar-refractivity contribution in [3.63, 3.8) is 0 Å². The first-order valence-electron chi connectivity index (χ1n) is 8.58. The highest BCUT2D eigenvalue weighted by Crippen LogP contribution is 2.31. The Morgan fingerprint density at radius 3 is 2.72 bits per heavy atom. The minimum absolute atomic E-state index is 0.0236. The Morgan fingerprint density at radius 2 is 1.97 bits per heavy atom. The van der Waals surface area contributed by atoms with Gasteiger partial charge < -0.3 is 0 Å². The largest absolute Gasteiger partial charge is 0.282 e. The van der Waals surface area contributed by atoms with Gasteiger partial charge in [0.1, 0.15) is 0 Å². The highest BCUT2D eigenvalue weighted by molar-refractivity contribution is 7.14. The van der Waals surface area contributed by atoms with Crippen molar-refractivity contribution in [3.05, 3.63) is 70.1 Å². The molecule has 29 heavy (non-hydrogen) atoms. The lowest BCUT2D eigenvalue weighted by Gasteiger charge is -2.08. The number of aromatic nitrogens is 1. The molecule has 2 heterocycles. The molecule has 1 aliphatic heterocycles. The van der Waals surface area contributed by atoms with Crippen LogP contribution in [0.15, 0.2) is 75.3 Å². The number of anilines is 1. The summed E-state index contributed by atoms with van der Waals surface area (Å²) in [6, 6.07) is 14.5. The van der Waals surface area contributed by atoms with Crippen molar-refractivity contribution in [2.75, 3.05) is 5.01 Å². The molecule has 1 amide bonds. The molecule has 0 saturated carbocycles. The SMILES string of the molecule is CC1=NN(c2nc(-c3cccc([N+](=O)[O-])c3)cs2)C(=O)[C@@H]1N=Nc1ccccc1. The van der Waals surface area contributed by atoms with Gasteiger partial charge in [-0.1, -0.05) is 30.3 Å². The topological polar surface area (TPSA) is 113 Å². The number of hydrazone groups is 1. The van der Waals surface area contributed by atoms with Crippen molar-refractivity contribution in [1.82, 2.24) is 4.98 Å². The number of nitro benzene ring substituents is 1. The zero-order chi connectivity index (χ0) is 20.4. The molecule has 144 valence electrons. The molecule has 1 atom stereocenters. The Balaban J connectivity index is 1.56. The van der Waals surface area contributed by atoms with Crippen LogP contribution in [0.1, 0.15) is 6.92 Å². The van der Waals surface area contributed by atoms with Crippen LogP contribution in [-0.4, -0.2) is 27.6 Å². The van der Waals surface area contributed by atoms with Crippen molar-refractivity contribution in [2.45, 2.75) is 13.0 Å². The third-order valence-electron chi connectivity index (χ3n) is 4.17. The van der Waals surface area contributed by atoms with Crippen LogP contribution >= 0.6 is 11.3 Å². The Labute approximate surface area is 169 Å². The van der Waals surface area contributed by atoms with Gasteiger partial charge in [-0.25, -0.2) is 4.98 Å². The van der Waals surface area contributed by atoms with Crippen LogP contribution in [0, 0.1) is 10.1 Å². The van der Waals surface area contributed by atoms with E-state index in [1.165, 1.54) is 28.5 Å². The molecule has 0 aliphatic carbocycles. The normalized spacial score (nSPS) is 16.4. The molecular weight excluding hydrogens is 392 g/mol. The number of nitro groups is 1. The lowest BCUT2D eigenvalue weighted by atomic mass is 10.1. The van der Waals surface area contributed by atoms with Crippen molar-refractivity contribution in [2.24, 2.45) is 15.3 Å². The van der Waals surface area contributed by atoms with Crippen LogP contribution in [0.3, 0.4) is 0 Å². The first-order valence-corrected chi connectivity index (χ1v) is 9.46. The monoisotopic (exact) mass is 406 g/mol. The number of hydrogen-bond acceptors (Lipinski definition) is 8. The maximum atomic E-state index is 12.8. The third kappa shape index (κ3) is 3.78. The number of thiazole rings is 1. The average Bonchev–Trinajstić information content (AvgIpc) is 3.32. The number of nitrogens with zero attached hydrogens (tertiary/aromatic N) is 6. The van der Waals surface area contributed by atoms with Gasteiger partial charge in [-0.2, -0.15) is 20.3 Å². The first kappa shape index (κ1) is 18.6. The summed E-state index contributed by atoms with van der Waals surface area (Å²) in [5, 5.41) is 26.8. The highest BCUT2D eigenvalue weighted by atomic mass is 32.1. The van der Waals surface area contributed by atoms with E-state index in [0.717, 1.165) is 0 Å². The molecular formula is C19H14N6O3S. The number of carbonyl (C=O) groups is 1. The number of hydrogen-bond donors (Lipinski definition) is 0. The van der Waals surface area contributed by atoms with Crippen LogP contribution in [0.4, 0.5) is 16.5 Å². The lowest BCUT2D eigenvalue weighted by Crippen LogP contribution is -2.29. The van der Waals surface area contributed by atoms with Crippen molar-refractivity contribution >= 4 is 39.5 Å². The van der Waals surface area contributed by atoms with E-state index >= 15 is 0 Å². The number of benzene rings is 2. The van der Waals surface area contributed by atoms with Gasteiger partial charge in [0.15, 0.2) is 6.04 Å². The minimum atomic E-state index is -0.805. The molecule has 0 saturated heterocycles. The van der Waals surface area contributed by atoms with Gasteiger partial charge in [-0.15, -0.1) is 11.3 Å². The van der Waals surface area contributed by atoms with Gasteiger partial charge in [0, 0.05) is 23.1 Å². The van der Waals surface area contributed by atoms with Crippen LogP contribution in [-0.2, 0) is 4.79 Å². The van der Waals surface area contributed by atoms with E-state index in [2.05, 4.69) is 20.3 Å². The van der Waals surface area contributed by atoms with Crippen LogP contribution < -0.4 is 5.01 Å². The highest BCUT2D eigenvalue weighted by Gasteiger charge is 2.36. The standard InChI is InChI=1S/C19H14N6O3S/c1-12-17(22-21-14-7-3-2-4-8-14)18(26)24(23-12)19-20-16(11-29-19)13-6-5-9-15(10-13)25(27)28/h2-11,17H,1H3/t17-/m1/s1. The Kier molecular flexibility index (Phi) is 4.92. The molecule has 0 radical (unpaired) electrons. The summed E-state index contributed by atoms with van der Waals surface area (Å²) in [4.78, 5) is 27.7. The van der Waals surface area contributed by atoms with Crippen molar-refractivity contribution < 1.29 is 9.72 Å². The van der Waals surface area contributed by atoms with Gasteiger partial charge in [-0.3, -0.25) is 14.9 Å². The number of non-ortho nitro benzene ring substituents is 1. The Hall–Kier alpha value is -3.79. The van der Waals surface area contributed by atoms with E-state index in [1.54, 1.807) is 36.6 Å². The molecule has 0 N–H and O–H groups in total. The van der Waals surface area contributed by atoms with Crippen molar-refractivity contribution in [3.8, 4) is 11.3 Å². The van der Waals surface area contributed by atoms with Crippen LogP contribution in [0.2, 0.25) is 0 Å². The first-order chi connectivity index (χ1) is 14.0. The summed E-state index contributed by atoms with van der Waals surface area (Å²) in [7, 11) is 0. The number of carbonyl (C=O) groups excluding carboxylic acids is 1. The van der Waals surface area contributed by atoms with Gasteiger partial charge in [0.25, 0.3) is 11.6 Å². The maximum Gasteiger partial charge on any atom is 0.282 e. The summed E-state index contributed by atoms with van der Waals surface area (Å²) >= 11 is 1.22. The third-order valence-corrected chi connectivity index (χ3v) is 4.98. The van der Waals surface area contributed by atoms with Gasteiger partial charge in [0.05, 0.1) is 22.0 Å². The van der Waals surface area contributed by atoms with E-state index in [1.807, 2.05) is 18.2 Å². The second-order valence-corrected chi connectivity index (χ2v) is 7.00. The fourth-order valence-electron chi connectivity index (χ4n) is 2.72. The molecule has 0 unspecified atom stereocenters. The predicted octanol–water partition coefficient (Wildman–Crippen LogP) is 4.59. The lowest BCUT2D eigenvalue weighted by molar-refractivity contribution is -0.384. The summed E-state index contributed by atoms with van der Waals surface area (Å²) in [6.45, 7) is 1.71.